The first-order valence-corrected chi connectivity index (χ1v) is 5.99. The summed E-state index contributed by atoms with van der Waals surface area (Å²) in [6.45, 7) is 9.37. The highest BCUT2D eigenvalue weighted by molar-refractivity contribution is 6.58. The van der Waals surface area contributed by atoms with E-state index in [0.29, 0.717) is 11.0 Å². The molecule has 0 aromatic heterocycles. The highest BCUT2D eigenvalue weighted by Gasteiger charge is 2.18. The van der Waals surface area contributed by atoms with Gasteiger partial charge < -0.3 is 14.8 Å². The van der Waals surface area contributed by atoms with Crippen LogP contribution in [0.1, 0.15) is 45.0 Å². The largest absolute Gasteiger partial charge is 0.488 e. The Morgan fingerprint density at radius 2 is 1.56 bits per heavy atom. The predicted octanol–water partition coefficient (Wildman–Crippen LogP) is 1.35. The van der Waals surface area contributed by atoms with Crippen LogP contribution in [0.2, 0.25) is 0 Å². The van der Waals surface area contributed by atoms with E-state index in [9.17, 15) is 4.79 Å². The molecule has 4 nitrogen and oxygen atoms in total. The summed E-state index contributed by atoms with van der Waals surface area (Å²) in [5, 5.41) is 17.8. The van der Waals surface area contributed by atoms with Crippen molar-refractivity contribution in [1.29, 1.82) is 0 Å². The summed E-state index contributed by atoms with van der Waals surface area (Å²) in [7, 11) is -1.52. The van der Waals surface area contributed by atoms with Crippen molar-refractivity contribution in [3.8, 4) is 0 Å². The monoisotopic (exact) mass is 252 g/mol. The Morgan fingerprint density at radius 3 is 1.89 bits per heavy atom. The van der Waals surface area contributed by atoms with E-state index >= 15 is 0 Å². The summed E-state index contributed by atoms with van der Waals surface area (Å²) in [4.78, 5) is 11.6. The standard InChI is InChI=1S/C11H15BO4.C2H6/c1-11(2,3)16-10(13)8-4-6-9(7-5-8)12(14)15;1-2/h4-7,14-15H,1-3H3;1-2H3. The average molecular weight is 252 g/mol. The minimum absolute atomic E-state index is 0.340. The molecule has 0 bridgehead atoms. The number of carbonyl (C=O) groups is 1. The molecule has 5 heteroatoms. The molecule has 0 unspecified atom stereocenters. The summed E-state index contributed by atoms with van der Waals surface area (Å²) in [6.07, 6.45) is 0. The molecular weight excluding hydrogens is 231 g/mol. The summed E-state index contributed by atoms with van der Waals surface area (Å²) >= 11 is 0. The van der Waals surface area contributed by atoms with Crippen LogP contribution < -0.4 is 5.46 Å². The van der Waals surface area contributed by atoms with Gasteiger partial charge in [0.05, 0.1) is 5.56 Å². The van der Waals surface area contributed by atoms with E-state index in [2.05, 4.69) is 0 Å². The lowest BCUT2D eigenvalue weighted by Crippen LogP contribution is -2.30. The van der Waals surface area contributed by atoms with Gasteiger partial charge in [-0.2, -0.15) is 0 Å². The second kappa shape index (κ2) is 7.19. The molecular formula is C13H21BO4. The SMILES string of the molecule is CC.CC(C)(C)OC(=O)c1ccc(B(O)O)cc1. The molecule has 0 aliphatic carbocycles. The molecule has 2 N–H and O–H groups in total. The van der Waals surface area contributed by atoms with Gasteiger partial charge in [-0.3, -0.25) is 0 Å². The Kier molecular flexibility index (Phi) is 6.66. The van der Waals surface area contributed by atoms with Crippen LogP contribution in [0.4, 0.5) is 0 Å². The first kappa shape index (κ1) is 16.7. The van der Waals surface area contributed by atoms with Crippen LogP contribution in [0, 0.1) is 0 Å². The maximum Gasteiger partial charge on any atom is 0.488 e. The normalized spacial score (nSPS) is 10.2. The molecule has 1 aromatic rings. The zero-order valence-electron chi connectivity index (χ0n) is 11.6. The van der Waals surface area contributed by atoms with E-state index in [1.54, 1.807) is 20.8 Å². The third kappa shape index (κ3) is 5.84. The molecule has 18 heavy (non-hydrogen) atoms. The number of benzene rings is 1. The molecule has 0 atom stereocenters. The van der Waals surface area contributed by atoms with E-state index < -0.39 is 18.7 Å². The van der Waals surface area contributed by atoms with Crippen molar-refractivity contribution in [2.45, 2.75) is 40.2 Å². The molecule has 0 saturated carbocycles. The Hall–Kier alpha value is -1.33. The first-order valence-electron chi connectivity index (χ1n) is 5.99. The fraction of sp³-hybridized carbons (Fsp3) is 0.462. The quantitative estimate of drug-likeness (QED) is 0.615. The zero-order valence-corrected chi connectivity index (χ0v) is 11.6. The fourth-order valence-electron chi connectivity index (χ4n) is 1.13. The number of hydrogen-bond acceptors (Lipinski definition) is 4. The molecule has 0 aliphatic rings. The van der Waals surface area contributed by atoms with Gasteiger partial charge in [0, 0.05) is 0 Å². The molecule has 100 valence electrons. The molecule has 0 saturated heterocycles. The molecule has 0 aliphatic heterocycles. The molecule has 0 fully saturated rings. The Labute approximate surface area is 109 Å². The minimum atomic E-state index is -1.52. The first-order chi connectivity index (χ1) is 8.29. The van der Waals surface area contributed by atoms with Gasteiger partial charge in [-0.15, -0.1) is 0 Å². The van der Waals surface area contributed by atoms with Crippen molar-refractivity contribution in [3.63, 3.8) is 0 Å². The fourth-order valence-corrected chi connectivity index (χ4v) is 1.13. The summed E-state index contributed by atoms with van der Waals surface area (Å²) in [5.41, 5.74) is 0.193. The number of esters is 1. The molecule has 1 aromatic carbocycles. The van der Waals surface area contributed by atoms with Crippen molar-refractivity contribution in [2.75, 3.05) is 0 Å². The van der Waals surface area contributed by atoms with Crippen LogP contribution >= 0.6 is 0 Å². The molecule has 1 rings (SSSR count). The second-order valence-electron chi connectivity index (χ2n) is 4.50. The summed E-state index contributed by atoms with van der Waals surface area (Å²) < 4.78 is 5.16. The van der Waals surface area contributed by atoms with Gasteiger partial charge in [0.1, 0.15) is 5.60 Å². The lowest BCUT2D eigenvalue weighted by Gasteiger charge is -2.19. The van der Waals surface area contributed by atoms with Gasteiger partial charge in [0.2, 0.25) is 0 Å². The maximum atomic E-state index is 11.6. The van der Waals surface area contributed by atoms with Crippen molar-refractivity contribution in [1.82, 2.24) is 0 Å². The van der Waals surface area contributed by atoms with E-state index in [0.717, 1.165) is 0 Å². The molecule has 0 spiro atoms. The van der Waals surface area contributed by atoms with Gasteiger partial charge in [-0.05, 0) is 38.4 Å². The van der Waals surface area contributed by atoms with Crippen LogP contribution in [0.15, 0.2) is 24.3 Å². The smallest absolute Gasteiger partial charge is 0.456 e. The predicted molar refractivity (Wildman–Crippen MR) is 72.8 cm³/mol. The molecule has 0 amide bonds. The van der Waals surface area contributed by atoms with E-state index in [-0.39, 0.29) is 0 Å². The lowest BCUT2D eigenvalue weighted by atomic mass is 9.80. The number of ether oxygens (including phenoxy) is 1. The lowest BCUT2D eigenvalue weighted by molar-refractivity contribution is 0.00695. The van der Waals surface area contributed by atoms with E-state index in [1.807, 2.05) is 13.8 Å². The van der Waals surface area contributed by atoms with Gasteiger partial charge in [-0.25, -0.2) is 4.79 Å². The number of carbonyl (C=O) groups excluding carboxylic acids is 1. The minimum Gasteiger partial charge on any atom is -0.456 e. The highest BCUT2D eigenvalue weighted by Crippen LogP contribution is 2.11. The highest BCUT2D eigenvalue weighted by atomic mass is 16.6. The molecule has 0 heterocycles. The second-order valence-corrected chi connectivity index (χ2v) is 4.50. The van der Waals surface area contributed by atoms with Crippen LogP contribution in [0.3, 0.4) is 0 Å². The Bertz CT molecular complexity index is 366. The van der Waals surface area contributed by atoms with Crippen molar-refractivity contribution < 1.29 is 19.6 Å². The Morgan fingerprint density at radius 1 is 1.11 bits per heavy atom. The summed E-state index contributed by atoms with van der Waals surface area (Å²) in [6, 6.07) is 5.96. The average Bonchev–Trinajstić information content (AvgIpc) is 2.29. The van der Waals surface area contributed by atoms with Crippen LogP contribution in [0.5, 0.6) is 0 Å². The van der Waals surface area contributed by atoms with Gasteiger partial charge in [-0.1, -0.05) is 26.0 Å². The van der Waals surface area contributed by atoms with Gasteiger partial charge >= 0.3 is 13.1 Å². The third-order valence-electron chi connectivity index (χ3n) is 1.84. The third-order valence-corrected chi connectivity index (χ3v) is 1.84. The van der Waals surface area contributed by atoms with Gasteiger partial charge in [0.25, 0.3) is 0 Å². The van der Waals surface area contributed by atoms with Crippen molar-refractivity contribution in [2.24, 2.45) is 0 Å². The number of rotatable bonds is 2. The van der Waals surface area contributed by atoms with Crippen LogP contribution in [0.25, 0.3) is 0 Å². The Balaban J connectivity index is 0.00000137. The molecule has 0 radical (unpaired) electrons. The number of hydrogen-bond donors (Lipinski definition) is 2. The van der Waals surface area contributed by atoms with Crippen LogP contribution in [-0.4, -0.2) is 28.7 Å². The zero-order chi connectivity index (χ0) is 14.3. The maximum absolute atomic E-state index is 11.6. The summed E-state index contributed by atoms with van der Waals surface area (Å²) in [5.74, 6) is -0.425. The van der Waals surface area contributed by atoms with Crippen molar-refractivity contribution in [3.05, 3.63) is 29.8 Å². The van der Waals surface area contributed by atoms with Gasteiger partial charge in [0.15, 0.2) is 0 Å². The van der Waals surface area contributed by atoms with E-state index in [1.165, 1.54) is 24.3 Å². The van der Waals surface area contributed by atoms with Crippen LogP contribution in [-0.2, 0) is 4.74 Å². The van der Waals surface area contributed by atoms with Crippen molar-refractivity contribution >= 4 is 18.6 Å². The van der Waals surface area contributed by atoms with E-state index in [4.69, 9.17) is 14.8 Å². The topological polar surface area (TPSA) is 66.8 Å².